The summed E-state index contributed by atoms with van der Waals surface area (Å²) in [6.07, 6.45) is 3.47. The van der Waals surface area contributed by atoms with Crippen LogP contribution in [0.4, 0.5) is 0 Å². The Labute approximate surface area is 122 Å². The van der Waals surface area contributed by atoms with Gasteiger partial charge in [0.15, 0.2) is 17.9 Å². The smallest absolute Gasteiger partial charge is 0.291 e. The van der Waals surface area contributed by atoms with Crippen LogP contribution in [0.25, 0.3) is 0 Å². The van der Waals surface area contributed by atoms with Crippen LogP contribution in [-0.4, -0.2) is 36.6 Å². The molecular weight excluding hydrogens is 272 g/mol. The number of methoxy groups -OCH3 is 2. The van der Waals surface area contributed by atoms with Crippen LogP contribution >= 0.6 is 0 Å². The van der Waals surface area contributed by atoms with E-state index in [4.69, 9.17) is 13.9 Å². The molecule has 0 atom stereocenters. The standard InChI is InChI=1S/C15H16N2O4/c1-19-12-5-10-3-4-17(8-11(10)6-13(12)20-2)15(18)14-7-16-9-21-14/h5-7,9H,3-4,8H2,1-2H3. The second-order valence-electron chi connectivity index (χ2n) is 4.82. The SMILES string of the molecule is COc1cc2c(cc1OC)CN(C(=O)c1cnco1)CC2. The molecule has 1 amide bonds. The Bertz CT molecular complexity index is 652. The number of fused-ring (bicyclic) bond motifs is 1. The molecule has 3 rings (SSSR count). The maximum Gasteiger partial charge on any atom is 0.291 e. The van der Waals surface area contributed by atoms with E-state index in [2.05, 4.69) is 4.98 Å². The average Bonchev–Trinajstić information content (AvgIpc) is 3.06. The molecule has 0 N–H and O–H groups in total. The zero-order valence-corrected chi connectivity index (χ0v) is 12.0. The number of amides is 1. The van der Waals surface area contributed by atoms with Gasteiger partial charge < -0.3 is 18.8 Å². The Balaban J connectivity index is 1.86. The number of oxazole rings is 1. The van der Waals surface area contributed by atoms with E-state index >= 15 is 0 Å². The predicted octanol–water partition coefficient (Wildman–Crippen LogP) is 1.89. The number of aromatic nitrogens is 1. The highest BCUT2D eigenvalue weighted by atomic mass is 16.5. The van der Waals surface area contributed by atoms with Crippen molar-refractivity contribution in [3.8, 4) is 11.5 Å². The first-order chi connectivity index (χ1) is 10.2. The van der Waals surface area contributed by atoms with Crippen molar-refractivity contribution in [3.63, 3.8) is 0 Å². The van der Waals surface area contributed by atoms with Crippen LogP contribution in [0, 0.1) is 0 Å². The second-order valence-corrected chi connectivity index (χ2v) is 4.82. The first kappa shape index (κ1) is 13.5. The topological polar surface area (TPSA) is 64.8 Å². The number of hydrogen-bond acceptors (Lipinski definition) is 5. The maximum absolute atomic E-state index is 12.3. The van der Waals surface area contributed by atoms with Crippen LogP contribution in [0.1, 0.15) is 21.7 Å². The third-order valence-corrected chi connectivity index (χ3v) is 3.65. The van der Waals surface area contributed by atoms with E-state index in [9.17, 15) is 4.79 Å². The summed E-state index contributed by atoms with van der Waals surface area (Å²) in [5, 5.41) is 0. The average molecular weight is 288 g/mol. The molecule has 0 saturated carbocycles. The fourth-order valence-electron chi connectivity index (χ4n) is 2.53. The van der Waals surface area contributed by atoms with Crippen molar-refractivity contribution in [2.24, 2.45) is 0 Å². The summed E-state index contributed by atoms with van der Waals surface area (Å²) in [5.74, 6) is 1.50. The van der Waals surface area contributed by atoms with E-state index in [1.54, 1.807) is 19.1 Å². The third kappa shape index (κ3) is 2.44. The van der Waals surface area contributed by atoms with Crippen molar-refractivity contribution in [2.45, 2.75) is 13.0 Å². The molecule has 1 aromatic carbocycles. The summed E-state index contributed by atoms with van der Waals surface area (Å²) in [5.41, 5.74) is 2.24. The molecule has 0 saturated heterocycles. The summed E-state index contributed by atoms with van der Waals surface area (Å²) in [6, 6.07) is 3.90. The number of benzene rings is 1. The van der Waals surface area contributed by atoms with Gasteiger partial charge in [-0.1, -0.05) is 0 Å². The molecule has 0 bridgehead atoms. The molecule has 2 aromatic rings. The monoisotopic (exact) mass is 288 g/mol. The van der Waals surface area contributed by atoms with Crippen LogP contribution in [0.2, 0.25) is 0 Å². The molecule has 0 unspecified atom stereocenters. The molecule has 6 heteroatoms. The highest BCUT2D eigenvalue weighted by Gasteiger charge is 2.25. The molecule has 1 aliphatic rings. The molecule has 1 aromatic heterocycles. The molecule has 0 aliphatic carbocycles. The molecule has 110 valence electrons. The van der Waals surface area contributed by atoms with Crippen molar-refractivity contribution in [1.82, 2.24) is 9.88 Å². The molecule has 0 fully saturated rings. The highest BCUT2D eigenvalue weighted by Crippen LogP contribution is 2.33. The van der Waals surface area contributed by atoms with Gasteiger partial charge in [0.1, 0.15) is 0 Å². The van der Waals surface area contributed by atoms with Crippen LogP contribution in [-0.2, 0) is 13.0 Å². The lowest BCUT2D eigenvalue weighted by Gasteiger charge is -2.28. The van der Waals surface area contributed by atoms with Crippen molar-refractivity contribution >= 4 is 5.91 Å². The number of carbonyl (C=O) groups is 1. The summed E-state index contributed by atoms with van der Waals surface area (Å²) in [4.78, 5) is 17.8. The highest BCUT2D eigenvalue weighted by molar-refractivity contribution is 5.91. The first-order valence-electron chi connectivity index (χ1n) is 6.64. The van der Waals surface area contributed by atoms with Crippen molar-refractivity contribution in [2.75, 3.05) is 20.8 Å². The fourth-order valence-corrected chi connectivity index (χ4v) is 2.53. The minimum Gasteiger partial charge on any atom is -0.493 e. The van der Waals surface area contributed by atoms with Crippen LogP contribution in [0.15, 0.2) is 29.1 Å². The van der Waals surface area contributed by atoms with Gasteiger partial charge in [-0.2, -0.15) is 0 Å². The zero-order valence-electron chi connectivity index (χ0n) is 12.0. The van der Waals surface area contributed by atoms with Gasteiger partial charge in [-0.25, -0.2) is 4.98 Å². The molecule has 21 heavy (non-hydrogen) atoms. The van der Waals surface area contributed by atoms with E-state index in [0.717, 1.165) is 12.0 Å². The predicted molar refractivity (Wildman–Crippen MR) is 74.5 cm³/mol. The molecule has 0 radical (unpaired) electrons. The second kappa shape index (κ2) is 5.47. The quantitative estimate of drug-likeness (QED) is 0.863. The number of hydrogen-bond donors (Lipinski definition) is 0. The molecule has 1 aliphatic heterocycles. The Morgan fingerprint density at radius 3 is 2.57 bits per heavy atom. The van der Waals surface area contributed by atoms with E-state index in [1.807, 2.05) is 12.1 Å². The van der Waals surface area contributed by atoms with Gasteiger partial charge in [0, 0.05) is 13.1 Å². The molecular formula is C15H16N2O4. The van der Waals surface area contributed by atoms with Gasteiger partial charge in [0.2, 0.25) is 5.76 Å². The first-order valence-corrected chi connectivity index (χ1v) is 6.64. The molecule has 0 spiro atoms. The Morgan fingerprint density at radius 2 is 1.95 bits per heavy atom. The minimum absolute atomic E-state index is 0.145. The third-order valence-electron chi connectivity index (χ3n) is 3.65. The molecule has 6 nitrogen and oxygen atoms in total. The Morgan fingerprint density at radius 1 is 1.24 bits per heavy atom. The maximum atomic E-state index is 12.3. The molecule has 2 heterocycles. The van der Waals surface area contributed by atoms with Crippen LogP contribution in [0.3, 0.4) is 0 Å². The van der Waals surface area contributed by atoms with E-state index in [0.29, 0.717) is 24.6 Å². The Hall–Kier alpha value is -2.50. The van der Waals surface area contributed by atoms with Crippen LogP contribution in [0.5, 0.6) is 11.5 Å². The summed E-state index contributed by atoms with van der Waals surface area (Å²) in [6.45, 7) is 1.16. The Kier molecular flexibility index (Phi) is 3.51. The lowest BCUT2D eigenvalue weighted by atomic mass is 9.98. The lowest BCUT2D eigenvalue weighted by Crippen LogP contribution is -2.35. The van der Waals surface area contributed by atoms with Crippen LogP contribution < -0.4 is 9.47 Å². The van der Waals surface area contributed by atoms with Crippen molar-refractivity contribution < 1.29 is 18.7 Å². The number of nitrogens with zero attached hydrogens (tertiary/aromatic N) is 2. The van der Waals surface area contributed by atoms with Gasteiger partial charge >= 0.3 is 0 Å². The van der Waals surface area contributed by atoms with Gasteiger partial charge in [0.05, 0.1) is 20.4 Å². The van der Waals surface area contributed by atoms with Crippen molar-refractivity contribution in [1.29, 1.82) is 0 Å². The number of carbonyl (C=O) groups excluding carboxylic acids is 1. The van der Waals surface area contributed by atoms with E-state index < -0.39 is 0 Å². The minimum atomic E-state index is -0.145. The van der Waals surface area contributed by atoms with E-state index in [-0.39, 0.29) is 11.7 Å². The summed E-state index contributed by atoms with van der Waals surface area (Å²) >= 11 is 0. The van der Waals surface area contributed by atoms with Gasteiger partial charge in [-0.3, -0.25) is 4.79 Å². The van der Waals surface area contributed by atoms with Gasteiger partial charge in [-0.15, -0.1) is 0 Å². The number of rotatable bonds is 3. The lowest BCUT2D eigenvalue weighted by molar-refractivity contribution is 0.0702. The summed E-state index contributed by atoms with van der Waals surface area (Å²) < 4.78 is 15.7. The summed E-state index contributed by atoms with van der Waals surface area (Å²) in [7, 11) is 3.22. The number of ether oxygens (including phenoxy) is 2. The largest absolute Gasteiger partial charge is 0.493 e. The fraction of sp³-hybridized carbons (Fsp3) is 0.333. The normalized spacial score (nSPS) is 13.7. The van der Waals surface area contributed by atoms with Gasteiger partial charge in [0.25, 0.3) is 5.91 Å². The van der Waals surface area contributed by atoms with E-state index in [1.165, 1.54) is 18.2 Å². The van der Waals surface area contributed by atoms with Gasteiger partial charge in [-0.05, 0) is 29.7 Å². The zero-order chi connectivity index (χ0) is 14.8. The van der Waals surface area contributed by atoms with Crippen molar-refractivity contribution in [3.05, 3.63) is 41.6 Å².